The van der Waals surface area contributed by atoms with Crippen LogP contribution in [0.2, 0.25) is 0 Å². The number of ether oxygens (including phenoxy) is 2. The van der Waals surface area contributed by atoms with Crippen LogP contribution in [0.15, 0.2) is 0 Å². The Labute approximate surface area is 124 Å². The van der Waals surface area contributed by atoms with Crippen LogP contribution in [0.25, 0.3) is 0 Å². The molecule has 0 rings (SSSR count). The van der Waals surface area contributed by atoms with Gasteiger partial charge in [0.1, 0.15) is 6.04 Å². The van der Waals surface area contributed by atoms with Crippen LogP contribution in [0, 0.1) is 0 Å². The maximum absolute atomic E-state index is 11.5. The summed E-state index contributed by atoms with van der Waals surface area (Å²) in [5.41, 5.74) is 0. The van der Waals surface area contributed by atoms with Gasteiger partial charge >= 0.3 is 5.97 Å². The highest BCUT2D eigenvalue weighted by Gasteiger charge is 2.17. The first-order valence-electron chi connectivity index (χ1n) is 8.15. The first-order chi connectivity index (χ1) is 9.76. The molecule has 0 aromatic carbocycles. The number of hydrogen-bond acceptors (Lipinski definition) is 4. The summed E-state index contributed by atoms with van der Waals surface area (Å²) in [6, 6.07) is -0.232. The zero-order valence-corrected chi connectivity index (χ0v) is 13.6. The van der Waals surface area contributed by atoms with Crippen LogP contribution in [0.5, 0.6) is 0 Å². The number of unbranched alkanes of at least 4 members (excludes halogenated alkanes) is 5. The van der Waals surface area contributed by atoms with Gasteiger partial charge in [-0.2, -0.15) is 0 Å². The summed E-state index contributed by atoms with van der Waals surface area (Å²) >= 11 is 0. The van der Waals surface area contributed by atoms with Crippen LogP contribution < -0.4 is 5.32 Å². The Hall–Kier alpha value is -0.610. The second-order valence-corrected chi connectivity index (χ2v) is 5.20. The lowest BCUT2D eigenvalue weighted by atomic mass is 10.1. The Bertz CT molecular complexity index is 222. The molecule has 4 heteroatoms. The molecule has 0 fully saturated rings. The lowest BCUT2D eigenvalue weighted by molar-refractivity contribution is -0.143. The van der Waals surface area contributed by atoms with Crippen LogP contribution >= 0.6 is 0 Å². The molecule has 0 heterocycles. The molecule has 0 saturated carbocycles. The molecule has 0 aliphatic rings. The minimum absolute atomic E-state index is 0.193. The number of esters is 1. The highest BCUT2D eigenvalue weighted by molar-refractivity contribution is 5.75. The van der Waals surface area contributed by atoms with Crippen molar-refractivity contribution >= 4 is 5.97 Å². The largest absolute Gasteiger partial charge is 0.468 e. The van der Waals surface area contributed by atoms with Crippen LogP contribution in [-0.4, -0.2) is 38.9 Å². The zero-order chi connectivity index (χ0) is 15.1. The highest BCUT2D eigenvalue weighted by Crippen LogP contribution is 2.05. The summed E-state index contributed by atoms with van der Waals surface area (Å²) in [5.74, 6) is -0.193. The Morgan fingerprint density at radius 2 is 1.70 bits per heavy atom. The van der Waals surface area contributed by atoms with Gasteiger partial charge in [0.15, 0.2) is 0 Å². The van der Waals surface area contributed by atoms with E-state index in [1.54, 1.807) is 0 Å². The number of hydrogen-bond donors (Lipinski definition) is 1. The van der Waals surface area contributed by atoms with Gasteiger partial charge in [-0.15, -0.1) is 0 Å². The molecule has 0 radical (unpaired) electrons. The van der Waals surface area contributed by atoms with Gasteiger partial charge in [0.05, 0.1) is 7.11 Å². The Morgan fingerprint density at radius 1 is 1.00 bits per heavy atom. The molecule has 0 aliphatic heterocycles. The minimum atomic E-state index is -0.232. The van der Waals surface area contributed by atoms with Gasteiger partial charge in [-0.25, -0.2) is 0 Å². The predicted molar refractivity (Wildman–Crippen MR) is 82.9 cm³/mol. The van der Waals surface area contributed by atoms with Crippen molar-refractivity contribution in [3.8, 4) is 0 Å². The predicted octanol–water partition coefficient (Wildman–Crippen LogP) is 3.29. The van der Waals surface area contributed by atoms with Gasteiger partial charge in [0, 0.05) is 13.2 Å². The molecule has 0 aromatic rings. The number of rotatable bonds is 14. The standard InChI is InChI=1S/C16H33NO3/c1-4-6-7-8-9-10-13-20-14-11-15(16(18)19-3)17-12-5-2/h15,17H,4-14H2,1-3H3. The summed E-state index contributed by atoms with van der Waals surface area (Å²) in [6.07, 6.45) is 9.32. The third kappa shape index (κ3) is 11.2. The summed E-state index contributed by atoms with van der Waals surface area (Å²) < 4.78 is 10.4. The maximum Gasteiger partial charge on any atom is 0.322 e. The van der Waals surface area contributed by atoms with Crippen molar-refractivity contribution in [1.82, 2.24) is 5.32 Å². The minimum Gasteiger partial charge on any atom is -0.468 e. The molecule has 0 aliphatic carbocycles. The fourth-order valence-corrected chi connectivity index (χ4v) is 2.05. The van der Waals surface area contributed by atoms with E-state index >= 15 is 0 Å². The maximum atomic E-state index is 11.5. The fourth-order valence-electron chi connectivity index (χ4n) is 2.05. The topological polar surface area (TPSA) is 47.6 Å². The van der Waals surface area contributed by atoms with E-state index in [4.69, 9.17) is 9.47 Å². The van der Waals surface area contributed by atoms with Crippen LogP contribution in [0.3, 0.4) is 0 Å². The smallest absolute Gasteiger partial charge is 0.322 e. The quantitative estimate of drug-likeness (QED) is 0.393. The molecule has 1 atom stereocenters. The van der Waals surface area contributed by atoms with Crippen LogP contribution in [0.1, 0.15) is 65.2 Å². The Balaban J connectivity index is 3.50. The summed E-state index contributed by atoms with van der Waals surface area (Å²) in [7, 11) is 1.43. The van der Waals surface area contributed by atoms with Gasteiger partial charge in [0.25, 0.3) is 0 Å². The molecule has 0 spiro atoms. The van der Waals surface area contributed by atoms with E-state index in [1.807, 2.05) is 0 Å². The molecule has 120 valence electrons. The van der Waals surface area contributed by atoms with Crippen molar-refractivity contribution in [2.45, 2.75) is 71.3 Å². The molecule has 4 nitrogen and oxygen atoms in total. The van der Waals surface area contributed by atoms with Crippen LogP contribution in [0.4, 0.5) is 0 Å². The highest BCUT2D eigenvalue weighted by atomic mass is 16.5. The van der Waals surface area contributed by atoms with Crippen molar-refractivity contribution in [2.24, 2.45) is 0 Å². The van der Waals surface area contributed by atoms with E-state index in [1.165, 1.54) is 39.2 Å². The molecule has 0 saturated heterocycles. The van der Waals surface area contributed by atoms with Gasteiger partial charge in [0.2, 0.25) is 0 Å². The third-order valence-electron chi connectivity index (χ3n) is 3.32. The lowest BCUT2D eigenvalue weighted by Gasteiger charge is -2.15. The summed E-state index contributed by atoms with van der Waals surface area (Å²) in [5, 5.41) is 3.19. The third-order valence-corrected chi connectivity index (χ3v) is 3.32. The number of nitrogens with one attached hydrogen (secondary N) is 1. The first kappa shape index (κ1) is 19.4. The number of carbonyl (C=O) groups excluding carboxylic acids is 1. The Kier molecular flexibility index (Phi) is 14.3. The van der Waals surface area contributed by atoms with Gasteiger partial charge in [-0.1, -0.05) is 46.0 Å². The van der Waals surface area contributed by atoms with Gasteiger partial charge < -0.3 is 14.8 Å². The summed E-state index contributed by atoms with van der Waals surface area (Å²) in [4.78, 5) is 11.5. The molecule has 1 N–H and O–H groups in total. The lowest BCUT2D eigenvalue weighted by Crippen LogP contribution is -2.39. The second kappa shape index (κ2) is 14.8. The monoisotopic (exact) mass is 287 g/mol. The van der Waals surface area contributed by atoms with Gasteiger partial charge in [-0.3, -0.25) is 4.79 Å². The van der Waals surface area contributed by atoms with E-state index in [9.17, 15) is 4.79 Å². The van der Waals surface area contributed by atoms with E-state index in [0.29, 0.717) is 13.0 Å². The van der Waals surface area contributed by atoms with E-state index < -0.39 is 0 Å². The van der Waals surface area contributed by atoms with E-state index in [-0.39, 0.29) is 12.0 Å². The van der Waals surface area contributed by atoms with E-state index in [0.717, 1.165) is 26.0 Å². The first-order valence-corrected chi connectivity index (χ1v) is 8.15. The normalized spacial score (nSPS) is 12.3. The average molecular weight is 287 g/mol. The zero-order valence-electron chi connectivity index (χ0n) is 13.6. The molecule has 0 amide bonds. The van der Waals surface area contributed by atoms with Gasteiger partial charge in [-0.05, 0) is 25.8 Å². The van der Waals surface area contributed by atoms with Crippen molar-refractivity contribution in [3.05, 3.63) is 0 Å². The number of carbonyl (C=O) groups is 1. The summed E-state index contributed by atoms with van der Waals surface area (Å²) in [6.45, 7) is 6.56. The fraction of sp³-hybridized carbons (Fsp3) is 0.938. The Morgan fingerprint density at radius 3 is 2.35 bits per heavy atom. The van der Waals surface area contributed by atoms with Crippen molar-refractivity contribution in [2.75, 3.05) is 26.9 Å². The average Bonchev–Trinajstić information content (AvgIpc) is 2.47. The van der Waals surface area contributed by atoms with Crippen LogP contribution in [-0.2, 0) is 14.3 Å². The molecule has 20 heavy (non-hydrogen) atoms. The second-order valence-electron chi connectivity index (χ2n) is 5.20. The number of methoxy groups -OCH3 is 1. The van der Waals surface area contributed by atoms with Crippen molar-refractivity contribution in [3.63, 3.8) is 0 Å². The van der Waals surface area contributed by atoms with Crippen molar-refractivity contribution in [1.29, 1.82) is 0 Å². The SMILES string of the molecule is CCCCCCCCOCCC(NCCC)C(=O)OC. The molecular formula is C16H33NO3. The molecule has 0 aromatic heterocycles. The van der Waals surface area contributed by atoms with Crippen molar-refractivity contribution < 1.29 is 14.3 Å². The molecule has 0 bridgehead atoms. The molecule has 1 unspecified atom stereocenters. The molecular weight excluding hydrogens is 254 g/mol. The van der Waals surface area contributed by atoms with E-state index in [2.05, 4.69) is 19.2 Å².